The van der Waals surface area contributed by atoms with Crippen molar-refractivity contribution in [1.29, 1.82) is 0 Å². The summed E-state index contributed by atoms with van der Waals surface area (Å²) >= 11 is 0. The molecule has 0 unspecified atom stereocenters. The molecule has 0 aliphatic heterocycles. The number of hydrogen-bond donors (Lipinski definition) is 0. The molecule has 1 fully saturated rings. The first kappa shape index (κ1) is 20.5. The molecule has 1 saturated carbocycles. The summed E-state index contributed by atoms with van der Waals surface area (Å²) in [6.45, 7) is 0.660. The Labute approximate surface area is 196 Å². The Morgan fingerprint density at radius 1 is 0.882 bits per heavy atom. The molecule has 170 valence electrons. The van der Waals surface area contributed by atoms with Crippen LogP contribution < -0.4 is 0 Å². The number of benzene rings is 1. The fourth-order valence-corrected chi connectivity index (χ4v) is 4.63. The van der Waals surface area contributed by atoms with Crippen LogP contribution in [0.25, 0.3) is 34.1 Å². The van der Waals surface area contributed by atoms with Crippen molar-refractivity contribution in [3.8, 4) is 34.1 Å². The van der Waals surface area contributed by atoms with Crippen LogP contribution in [0.15, 0.2) is 72.2 Å². The van der Waals surface area contributed by atoms with Gasteiger partial charge in [0.15, 0.2) is 0 Å². The van der Waals surface area contributed by atoms with Crippen LogP contribution >= 0.6 is 0 Å². The summed E-state index contributed by atoms with van der Waals surface area (Å²) in [5.74, 6) is 1.02. The number of rotatable bonds is 6. The van der Waals surface area contributed by atoms with Gasteiger partial charge in [0.2, 0.25) is 5.82 Å². The van der Waals surface area contributed by atoms with Crippen LogP contribution in [0.1, 0.15) is 43.7 Å². The van der Waals surface area contributed by atoms with Gasteiger partial charge >= 0.3 is 0 Å². The highest BCUT2D eigenvalue weighted by atomic mass is 16.5. The molecule has 0 bridgehead atoms. The molecule has 4 aromatic heterocycles. The Balaban J connectivity index is 1.32. The highest BCUT2D eigenvalue weighted by Gasteiger charge is 2.25. The maximum absolute atomic E-state index is 5.73. The summed E-state index contributed by atoms with van der Waals surface area (Å²) in [6.07, 6.45) is 14.7. The lowest BCUT2D eigenvalue weighted by Gasteiger charge is -2.24. The summed E-state index contributed by atoms with van der Waals surface area (Å²) < 4.78 is 9.66. The van der Waals surface area contributed by atoms with E-state index in [2.05, 4.69) is 24.9 Å². The highest BCUT2D eigenvalue weighted by molar-refractivity contribution is 5.77. The highest BCUT2D eigenvalue weighted by Crippen LogP contribution is 2.37. The third-order valence-electron chi connectivity index (χ3n) is 6.35. The quantitative estimate of drug-likeness (QED) is 0.364. The molecule has 0 amide bonds. The van der Waals surface area contributed by atoms with E-state index in [9.17, 15) is 0 Å². The molecular formula is C25H24N8O. The van der Waals surface area contributed by atoms with Gasteiger partial charge in [0.1, 0.15) is 12.7 Å². The first-order valence-corrected chi connectivity index (χ1v) is 11.6. The Morgan fingerprint density at radius 2 is 1.71 bits per heavy atom. The van der Waals surface area contributed by atoms with Crippen LogP contribution in [0.5, 0.6) is 0 Å². The predicted molar refractivity (Wildman–Crippen MR) is 125 cm³/mol. The smallest absolute Gasteiger partial charge is 0.262 e. The third-order valence-corrected chi connectivity index (χ3v) is 6.35. The van der Waals surface area contributed by atoms with E-state index in [0.717, 1.165) is 40.8 Å². The summed E-state index contributed by atoms with van der Waals surface area (Å²) in [4.78, 5) is 12.9. The minimum atomic E-state index is 0.380. The zero-order chi connectivity index (χ0) is 22.7. The molecule has 9 heteroatoms. The third kappa shape index (κ3) is 4.00. The van der Waals surface area contributed by atoms with Gasteiger partial charge in [-0.05, 0) is 30.5 Å². The van der Waals surface area contributed by atoms with Crippen molar-refractivity contribution in [1.82, 2.24) is 39.7 Å². The van der Waals surface area contributed by atoms with Gasteiger partial charge in [-0.25, -0.2) is 9.67 Å². The molecule has 0 saturated heterocycles. The summed E-state index contributed by atoms with van der Waals surface area (Å²) in [7, 11) is 0. The predicted octanol–water partition coefficient (Wildman–Crippen LogP) is 4.81. The molecule has 1 aliphatic carbocycles. The fraction of sp³-hybridized carbons (Fsp3) is 0.280. The minimum absolute atomic E-state index is 0.380. The Kier molecular flexibility index (Phi) is 5.42. The molecule has 34 heavy (non-hydrogen) atoms. The van der Waals surface area contributed by atoms with Gasteiger partial charge in [-0.15, -0.1) is 0 Å². The maximum Gasteiger partial charge on any atom is 0.262 e. The number of hydrogen-bond acceptors (Lipinski definition) is 7. The summed E-state index contributed by atoms with van der Waals surface area (Å²) in [5, 5.41) is 13.2. The molecule has 0 spiro atoms. The van der Waals surface area contributed by atoms with Gasteiger partial charge in [0.25, 0.3) is 5.89 Å². The lowest BCUT2D eigenvalue weighted by atomic mass is 9.95. The zero-order valence-electron chi connectivity index (χ0n) is 18.7. The second-order valence-corrected chi connectivity index (χ2v) is 8.59. The Bertz CT molecular complexity index is 1350. The lowest BCUT2D eigenvalue weighted by Crippen LogP contribution is -2.15. The van der Waals surface area contributed by atoms with Gasteiger partial charge < -0.3 is 4.52 Å². The van der Waals surface area contributed by atoms with E-state index >= 15 is 0 Å². The second kappa shape index (κ2) is 9.01. The van der Waals surface area contributed by atoms with E-state index in [-0.39, 0.29) is 0 Å². The monoisotopic (exact) mass is 452 g/mol. The van der Waals surface area contributed by atoms with E-state index < -0.39 is 0 Å². The van der Waals surface area contributed by atoms with Crippen molar-refractivity contribution in [2.24, 2.45) is 0 Å². The molecule has 6 rings (SSSR count). The minimum Gasteiger partial charge on any atom is -0.333 e. The number of nitrogens with zero attached hydrogens (tertiary/aromatic N) is 8. The number of pyridine rings is 1. The molecule has 0 N–H and O–H groups in total. The van der Waals surface area contributed by atoms with Crippen LogP contribution in [0.2, 0.25) is 0 Å². The molecule has 1 aromatic carbocycles. The zero-order valence-corrected chi connectivity index (χ0v) is 18.7. The Hall–Kier alpha value is -4.14. The molecule has 4 heterocycles. The van der Waals surface area contributed by atoms with Crippen molar-refractivity contribution in [3.63, 3.8) is 0 Å². The molecule has 5 aromatic rings. The van der Waals surface area contributed by atoms with E-state index in [1.54, 1.807) is 23.4 Å². The van der Waals surface area contributed by atoms with Gasteiger partial charge in [0.05, 0.1) is 30.0 Å². The van der Waals surface area contributed by atoms with Crippen LogP contribution in [0.4, 0.5) is 0 Å². The van der Waals surface area contributed by atoms with Crippen LogP contribution in [0, 0.1) is 0 Å². The van der Waals surface area contributed by atoms with Gasteiger partial charge in [-0.2, -0.15) is 15.2 Å². The Morgan fingerprint density at radius 3 is 2.47 bits per heavy atom. The average Bonchev–Trinajstić information content (AvgIpc) is 3.66. The first-order chi connectivity index (χ1) is 16.8. The van der Waals surface area contributed by atoms with Crippen molar-refractivity contribution in [2.75, 3.05) is 0 Å². The molecule has 0 radical (unpaired) electrons. The fourth-order valence-electron chi connectivity index (χ4n) is 4.63. The van der Waals surface area contributed by atoms with Crippen LogP contribution in [-0.2, 0) is 6.54 Å². The van der Waals surface area contributed by atoms with Gasteiger partial charge in [-0.1, -0.05) is 48.7 Å². The second-order valence-electron chi connectivity index (χ2n) is 8.59. The van der Waals surface area contributed by atoms with Crippen molar-refractivity contribution >= 4 is 0 Å². The molecule has 1 aliphatic rings. The van der Waals surface area contributed by atoms with E-state index in [0.29, 0.717) is 24.3 Å². The van der Waals surface area contributed by atoms with Gasteiger partial charge in [-0.3, -0.25) is 9.67 Å². The largest absolute Gasteiger partial charge is 0.333 e. The normalized spacial score (nSPS) is 14.5. The molecule has 0 atom stereocenters. The van der Waals surface area contributed by atoms with Crippen molar-refractivity contribution in [2.45, 2.75) is 44.7 Å². The van der Waals surface area contributed by atoms with E-state index in [1.807, 2.05) is 42.6 Å². The average molecular weight is 453 g/mol. The van der Waals surface area contributed by atoms with Crippen molar-refractivity contribution < 1.29 is 4.52 Å². The standard InChI is InChI=1S/C25H24N8O/c1-2-4-21(5-3-1)33-23(19-10-12-26-13-11-19)22(14-28-33)25-30-24(31-34-25)20-8-6-18(7-9-20)15-32-17-27-16-29-32/h6-14,16-17,21H,1-5,15H2. The van der Waals surface area contributed by atoms with Crippen LogP contribution in [-0.4, -0.2) is 39.7 Å². The van der Waals surface area contributed by atoms with Crippen LogP contribution in [0.3, 0.4) is 0 Å². The molecule has 9 nitrogen and oxygen atoms in total. The SMILES string of the molecule is c1cc(-c2c(-c3nc(-c4ccc(Cn5cncn5)cc4)no3)cnn2C2CCCCC2)ccn1. The maximum atomic E-state index is 5.73. The van der Waals surface area contributed by atoms with Gasteiger partial charge in [0, 0.05) is 23.5 Å². The lowest BCUT2D eigenvalue weighted by molar-refractivity contribution is 0.332. The van der Waals surface area contributed by atoms with Crippen molar-refractivity contribution in [3.05, 3.63) is 73.2 Å². The summed E-state index contributed by atoms with van der Waals surface area (Å²) in [5.41, 5.74) is 4.91. The number of aromatic nitrogens is 8. The summed E-state index contributed by atoms with van der Waals surface area (Å²) in [6, 6.07) is 12.5. The first-order valence-electron chi connectivity index (χ1n) is 11.6. The topological polar surface area (TPSA) is 100 Å². The van der Waals surface area contributed by atoms with E-state index in [4.69, 9.17) is 14.6 Å². The van der Waals surface area contributed by atoms with E-state index in [1.165, 1.54) is 25.6 Å². The molecular weight excluding hydrogens is 428 g/mol.